The number of hydrogen-bond donors (Lipinski definition) is 1. The van der Waals surface area contributed by atoms with E-state index in [0.717, 1.165) is 30.9 Å². The lowest BCUT2D eigenvalue weighted by Crippen LogP contribution is -2.50. The van der Waals surface area contributed by atoms with E-state index >= 15 is 0 Å². The van der Waals surface area contributed by atoms with E-state index in [0.29, 0.717) is 25.9 Å². The van der Waals surface area contributed by atoms with Crippen molar-refractivity contribution >= 4 is 23.0 Å². The number of nitro benzene ring substituents is 1. The van der Waals surface area contributed by atoms with E-state index in [9.17, 15) is 28.1 Å². The Morgan fingerprint density at radius 1 is 1.09 bits per heavy atom. The number of carbonyl (C=O) groups excluding carboxylic acids is 1. The van der Waals surface area contributed by atoms with Crippen LogP contribution in [0.2, 0.25) is 0 Å². The molecule has 1 aliphatic heterocycles. The Bertz CT molecular complexity index is 1020. The number of halogens is 3. The maximum atomic E-state index is 13.1. The first-order valence-corrected chi connectivity index (χ1v) is 11.0. The monoisotopic (exact) mass is 478 g/mol. The fourth-order valence-electron chi connectivity index (χ4n) is 4.20. The highest BCUT2D eigenvalue weighted by atomic mass is 19.4. The number of nitro groups is 1. The quantitative estimate of drug-likeness (QED) is 0.480. The van der Waals surface area contributed by atoms with E-state index in [-0.39, 0.29) is 30.3 Å². The standard InChI is InChI=1S/C23H25F3N4O4/c24-23(25,26)20-14-16(6-7-21(20)30(32)33)27-17-12-19(13-17)34-15-22(31)29-10-8-28(9-11-29)18-4-2-1-3-5-18/h1-7,14,17,19,27H,8-13,15H2/t17-,19-. The number of amides is 1. The minimum absolute atomic E-state index is 0.0293. The molecule has 1 N–H and O–H groups in total. The average molecular weight is 478 g/mol. The van der Waals surface area contributed by atoms with Gasteiger partial charge in [0.15, 0.2) is 0 Å². The topological polar surface area (TPSA) is 87.9 Å². The molecule has 182 valence electrons. The molecule has 4 rings (SSSR count). The van der Waals surface area contributed by atoms with Gasteiger partial charge < -0.3 is 19.9 Å². The van der Waals surface area contributed by atoms with Crippen LogP contribution in [0.1, 0.15) is 18.4 Å². The van der Waals surface area contributed by atoms with Gasteiger partial charge in [0.25, 0.3) is 5.69 Å². The van der Waals surface area contributed by atoms with E-state index in [2.05, 4.69) is 10.2 Å². The number of hydrogen-bond acceptors (Lipinski definition) is 6. The van der Waals surface area contributed by atoms with Gasteiger partial charge in [-0.05, 0) is 37.1 Å². The van der Waals surface area contributed by atoms with Crippen LogP contribution in [-0.4, -0.2) is 60.7 Å². The van der Waals surface area contributed by atoms with Crippen LogP contribution in [0.15, 0.2) is 48.5 Å². The summed E-state index contributed by atoms with van der Waals surface area (Å²) in [5.41, 5.74) is -0.966. The van der Waals surface area contributed by atoms with Gasteiger partial charge in [-0.25, -0.2) is 0 Å². The van der Waals surface area contributed by atoms with Crippen LogP contribution in [0.25, 0.3) is 0 Å². The molecule has 2 aromatic carbocycles. The molecule has 1 saturated carbocycles. The highest BCUT2D eigenvalue weighted by molar-refractivity contribution is 5.77. The van der Waals surface area contributed by atoms with Crippen LogP contribution in [-0.2, 0) is 15.7 Å². The van der Waals surface area contributed by atoms with Gasteiger partial charge in [-0.2, -0.15) is 13.2 Å². The molecule has 2 aliphatic rings. The summed E-state index contributed by atoms with van der Waals surface area (Å²) in [6.45, 7) is 2.71. The number of carbonyl (C=O) groups is 1. The van der Waals surface area contributed by atoms with Crippen molar-refractivity contribution in [3.05, 3.63) is 64.2 Å². The van der Waals surface area contributed by atoms with Crippen molar-refractivity contribution in [2.24, 2.45) is 0 Å². The summed E-state index contributed by atoms with van der Waals surface area (Å²) in [6.07, 6.45) is -3.91. The lowest BCUT2D eigenvalue weighted by molar-refractivity contribution is -0.388. The van der Waals surface area contributed by atoms with Crippen molar-refractivity contribution in [1.29, 1.82) is 0 Å². The first-order valence-electron chi connectivity index (χ1n) is 11.0. The Labute approximate surface area is 194 Å². The summed E-state index contributed by atoms with van der Waals surface area (Å²) < 4.78 is 45.1. The van der Waals surface area contributed by atoms with Crippen LogP contribution in [0.5, 0.6) is 0 Å². The predicted octanol–water partition coefficient (Wildman–Crippen LogP) is 3.92. The van der Waals surface area contributed by atoms with Crippen LogP contribution in [0.4, 0.5) is 30.2 Å². The second-order valence-electron chi connectivity index (χ2n) is 8.44. The molecule has 0 atom stereocenters. The summed E-state index contributed by atoms with van der Waals surface area (Å²) in [4.78, 5) is 26.3. The Hall–Kier alpha value is -3.34. The maximum absolute atomic E-state index is 13.1. The minimum atomic E-state index is -4.82. The molecule has 8 nitrogen and oxygen atoms in total. The van der Waals surface area contributed by atoms with Crippen molar-refractivity contribution < 1.29 is 27.6 Å². The molecule has 0 bridgehead atoms. The van der Waals surface area contributed by atoms with Gasteiger partial charge in [-0.1, -0.05) is 18.2 Å². The molecule has 0 radical (unpaired) electrons. The minimum Gasteiger partial charge on any atom is -0.382 e. The molecule has 0 unspecified atom stereocenters. The van der Waals surface area contributed by atoms with Gasteiger partial charge in [0.05, 0.1) is 11.0 Å². The Balaban J connectivity index is 1.20. The van der Waals surface area contributed by atoms with Crippen LogP contribution in [0.3, 0.4) is 0 Å². The smallest absolute Gasteiger partial charge is 0.382 e. The van der Waals surface area contributed by atoms with Crippen molar-refractivity contribution in [3.8, 4) is 0 Å². The van der Waals surface area contributed by atoms with E-state index in [4.69, 9.17) is 4.74 Å². The lowest BCUT2D eigenvalue weighted by Gasteiger charge is -2.38. The van der Waals surface area contributed by atoms with Crippen molar-refractivity contribution in [1.82, 2.24) is 4.90 Å². The average Bonchev–Trinajstić information content (AvgIpc) is 2.80. The third-order valence-corrected chi connectivity index (χ3v) is 6.16. The zero-order chi connectivity index (χ0) is 24.3. The first-order chi connectivity index (χ1) is 16.2. The first kappa shape index (κ1) is 23.8. The zero-order valence-electron chi connectivity index (χ0n) is 18.3. The lowest BCUT2D eigenvalue weighted by atomic mass is 9.89. The Morgan fingerprint density at radius 2 is 1.76 bits per heavy atom. The molecule has 1 aliphatic carbocycles. The van der Waals surface area contributed by atoms with E-state index < -0.39 is 22.4 Å². The van der Waals surface area contributed by atoms with E-state index in [1.54, 1.807) is 4.90 Å². The fourth-order valence-corrected chi connectivity index (χ4v) is 4.20. The number of ether oxygens (including phenoxy) is 1. The van der Waals surface area contributed by atoms with Crippen molar-refractivity contribution in [3.63, 3.8) is 0 Å². The molecule has 2 aromatic rings. The normalized spacial score (nSPS) is 20.6. The number of benzene rings is 2. The summed E-state index contributed by atoms with van der Waals surface area (Å²) in [6, 6.07) is 12.8. The SMILES string of the molecule is O=C(CO[C@H]1C[C@H](Nc2ccc([N+](=O)[O-])c(C(F)(F)F)c2)C1)N1CCN(c2ccccc2)CC1. The van der Waals surface area contributed by atoms with Crippen molar-refractivity contribution in [2.75, 3.05) is 43.0 Å². The van der Waals surface area contributed by atoms with Crippen LogP contribution >= 0.6 is 0 Å². The molecule has 0 spiro atoms. The third kappa shape index (κ3) is 5.58. The summed E-state index contributed by atoms with van der Waals surface area (Å²) in [5.74, 6) is -0.0747. The maximum Gasteiger partial charge on any atom is 0.423 e. The Morgan fingerprint density at radius 3 is 2.38 bits per heavy atom. The summed E-state index contributed by atoms with van der Waals surface area (Å²) in [5, 5.41) is 13.8. The number of nitrogens with one attached hydrogen (secondary N) is 1. The largest absolute Gasteiger partial charge is 0.423 e. The van der Waals surface area contributed by atoms with E-state index in [1.807, 2.05) is 30.3 Å². The predicted molar refractivity (Wildman–Crippen MR) is 120 cm³/mol. The zero-order valence-corrected chi connectivity index (χ0v) is 18.3. The molecule has 11 heteroatoms. The van der Waals surface area contributed by atoms with Gasteiger partial charge in [0, 0.05) is 49.7 Å². The van der Waals surface area contributed by atoms with Gasteiger partial charge in [-0.15, -0.1) is 0 Å². The number of rotatable bonds is 7. The number of piperazine rings is 1. The van der Waals surface area contributed by atoms with Gasteiger partial charge >= 0.3 is 6.18 Å². The number of nitrogens with zero attached hydrogens (tertiary/aromatic N) is 3. The molecule has 2 fully saturated rings. The molecule has 0 aromatic heterocycles. The van der Waals surface area contributed by atoms with E-state index in [1.165, 1.54) is 6.07 Å². The second-order valence-corrected chi connectivity index (χ2v) is 8.44. The van der Waals surface area contributed by atoms with Gasteiger partial charge in [0.2, 0.25) is 5.91 Å². The molecular formula is C23H25F3N4O4. The highest BCUT2D eigenvalue weighted by Gasteiger charge is 2.39. The molecule has 1 heterocycles. The molecule has 1 saturated heterocycles. The second kappa shape index (κ2) is 9.88. The van der Waals surface area contributed by atoms with Crippen LogP contribution < -0.4 is 10.2 Å². The van der Waals surface area contributed by atoms with Gasteiger partial charge in [-0.3, -0.25) is 14.9 Å². The van der Waals surface area contributed by atoms with Gasteiger partial charge in [0.1, 0.15) is 12.2 Å². The third-order valence-electron chi connectivity index (χ3n) is 6.16. The Kier molecular flexibility index (Phi) is 6.92. The number of para-hydroxylation sites is 1. The van der Waals surface area contributed by atoms with Crippen LogP contribution in [0, 0.1) is 10.1 Å². The molecule has 34 heavy (non-hydrogen) atoms. The fraction of sp³-hybridized carbons (Fsp3) is 0.435. The molecular weight excluding hydrogens is 453 g/mol. The van der Waals surface area contributed by atoms with Crippen molar-refractivity contribution in [2.45, 2.75) is 31.2 Å². The molecule has 1 amide bonds. The highest BCUT2D eigenvalue weighted by Crippen LogP contribution is 2.38. The summed E-state index contributed by atoms with van der Waals surface area (Å²) in [7, 11) is 0. The summed E-state index contributed by atoms with van der Waals surface area (Å²) >= 11 is 0. The number of anilines is 2. The number of alkyl halides is 3.